The Balaban J connectivity index is 1.91. The number of benzene rings is 2. The average Bonchev–Trinajstić information content (AvgIpc) is 2.65. The molecule has 0 fully saturated rings. The van der Waals surface area contributed by atoms with E-state index in [4.69, 9.17) is 0 Å². The molecule has 0 saturated carbocycles. The minimum atomic E-state index is -0.207. The fourth-order valence-electron chi connectivity index (χ4n) is 2.61. The molecule has 0 bridgehead atoms. The number of rotatable bonds is 2. The van der Waals surface area contributed by atoms with Crippen LogP contribution in [0.25, 0.3) is 0 Å². The summed E-state index contributed by atoms with van der Waals surface area (Å²) < 4.78 is 0. The van der Waals surface area contributed by atoms with E-state index in [1.54, 1.807) is 18.2 Å². The Morgan fingerprint density at radius 3 is 2.70 bits per heavy atom. The summed E-state index contributed by atoms with van der Waals surface area (Å²) in [6.45, 7) is 1.92. The molecule has 3 N–H and O–H groups in total. The summed E-state index contributed by atoms with van der Waals surface area (Å²) in [5, 5.41) is 8.98. The van der Waals surface area contributed by atoms with Gasteiger partial charge in [-0.1, -0.05) is 23.7 Å². The van der Waals surface area contributed by atoms with Crippen molar-refractivity contribution in [3.8, 4) is 0 Å². The van der Waals surface area contributed by atoms with Crippen molar-refractivity contribution in [1.29, 1.82) is 0 Å². The van der Waals surface area contributed by atoms with Crippen LogP contribution in [0.2, 0.25) is 0 Å². The van der Waals surface area contributed by atoms with E-state index in [0.29, 0.717) is 23.4 Å². The molecule has 2 amide bonds. The highest BCUT2D eigenvalue weighted by atomic mass is 16.2. The molecule has 1 aliphatic rings. The van der Waals surface area contributed by atoms with Crippen LogP contribution in [0.5, 0.6) is 0 Å². The predicted molar refractivity (Wildman–Crippen MR) is 95.3 cm³/mol. The van der Waals surface area contributed by atoms with E-state index in [1.165, 1.54) is 0 Å². The van der Waals surface area contributed by atoms with Crippen molar-refractivity contribution in [3.63, 3.8) is 0 Å². The normalized spacial score (nSPS) is 16.6. The molecule has 0 aromatic heterocycles. The van der Waals surface area contributed by atoms with E-state index < -0.39 is 0 Å². The number of carbonyl (C=O) groups is 2. The van der Waals surface area contributed by atoms with Crippen molar-refractivity contribution in [2.45, 2.75) is 19.4 Å². The molecule has 0 spiro atoms. The highest BCUT2D eigenvalue weighted by molar-refractivity contribution is 6.32. The molecule has 0 aliphatic carbocycles. The number of carbonyl (C=O) groups excluding carboxylic acids is 2. The van der Waals surface area contributed by atoms with Crippen LogP contribution in [0, 0.1) is 0 Å². The third-order valence-electron chi connectivity index (χ3n) is 3.77. The van der Waals surface area contributed by atoms with Crippen molar-refractivity contribution >= 4 is 42.2 Å². The van der Waals surface area contributed by atoms with Crippen LogP contribution in [-0.4, -0.2) is 25.7 Å². The molecule has 2 aromatic rings. The van der Waals surface area contributed by atoms with Crippen LogP contribution in [0.3, 0.4) is 0 Å². The molecule has 1 heterocycles. The number of nitrogens with one attached hydrogen (secondary N) is 3. The molecule has 0 saturated heterocycles. The Morgan fingerprint density at radius 2 is 1.96 bits per heavy atom. The first-order chi connectivity index (χ1) is 11.0. The molecule has 0 radical (unpaired) electrons. The second-order valence-corrected chi connectivity index (χ2v) is 5.85. The highest BCUT2D eigenvalue weighted by Crippen LogP contribution is 2.30. The minimum Gasteiger partial charge on any atom is -0.380 e. The van der Waals surface area contributed by atoms with Crippen LogP contribution in [-0.2, 0) is 4.79 Å². The maximum atomic E-state index is 12.6. The molecule has 2 aromatic carbocycles. The smallest absolute Gasteiger partial charge is 0.257 e. The molecule has 3 rings (SSSR count). The second-order valence-electron chi connectivity index (χ2n) is 5.85. The molecule has 23 heavy (non-hydrogen) atoms. The highest BCUT2D eigenvalue weighted by Gasteiger charge is 2.22. The summed E-state index contributed by atoms with van der Waals surface area (Å²) in [6.07, 6.45) is 0.369. The minimum absolute atomic E-state index is 0.0374. The standard InChI is InChI=1S/C17H18BN3O2/c1-10-9-15(22)21-14-4-2-3-13(16(14)19-10)17(23)20-12-7-5-11(18)6-8-12/h2-8,10,19H,9,18H2,1H3,(H,20,23)(H,21,22)/t10-/m1/s1. The van der Waals surface area contributed by atoms with Gasteiger partial charge in [-0.05, 0) is 31.2 Å². The van der Waals surface area contributed by atoms with Gasteiger partial charge < -0.3 is 16.0 Å². The summed E-state index contributed by atoms with van der Waals surface area (Å²) in [5.74, 6) is -0.263. The van der Waals surface area contributed by atoms with Gasteiger partial charge in [0.05, 0.1) is 16.9 Å². The maximum absolute atomic E-state index is 12.6. The fraction of sp³-hybridized carbons (Fsp3) is 0.176. The van der Waals surface area contributed by atoms with Gasteiger partial charge in [0.15, 0.2) is 0 Å². The molecular formula is C17H18BN3O2. The van der Waals surface area contributed by atoms with E-state index in [-0.39, 0.29) is 17.9 Å². The monoisotopic (exact) mass is 307 g/mol. The zero-order chi connectivity index (χ0) is 16.4. The van der Waals surface area contributed by atoms with Gasteiger partial charge >= 0.3 is 0 Å². The average molecular weight is 307 g/mol. The van der Waals surface area contributed by atoms with Crippen LogP contribution >= 0.6 is 0 Å². The van der Waals surface area contributed by atoms with Crippen molar-refractivity contribution in [3.05, 3.63) is 48.0 Å². The zero-order valence-electron chi connectivity index (χ0n) is 13.1. The van der Waals surface area contributed by atoms with Crippen LogP contribution in [0.15, 0.2) is 42.5 Å². The molecule has 1 atom stereocenters. The van der Waals surface area contributed by atoms with E-state index in [9.17, 15) is 9.59 Å². The fourth-order valence-corrected chi connectivity index (χ4v) is 2.61. The van der Waals surface area contributed by atoms with Gasteiger partial charge in [-0.2, -0.15) is 0 Å². The number of hydrogen-bond donors (Lipinski definition) is 3. The van der Waals surface area contributed by atoms with Gasteiger partial charge in [0.2, 0.25) is 5.91 Å². The summed E-state index contributed by atoms with van der Waals surface area (Å²) in [7, 11) is 2.00. The quantitative estimate of drug-likeness (QED) is 0.733. The number of fused-ring (bicyclic) bond motifs is 1. The molecule has 6 heteroatoms. The lowest BCUT2D eigenvalue weighted by molar-refractivity contribution is -0.116. The Kier molecular flexibility index (Phi) is 4.06. The predicted octanol–water partition coefficient (Wildman–Crippen LogP) is 1.34. The van der Waals surface area contributed by atoms with Crippen LogP contribution in [0.4, 0.5) is 17.1 Å². The largest absolute Gasteiger partial charge is 0.380 e. The zero-order valence-corrected chi connectivity index (χ0v) is 13.1. The first kappa shape index (κ1) is 15.2. The lowest BCUT2D eigenvalue weighted by Gasteiger charge is -2.16. The van der Waals surface area contributed by atoms with Crippen LogP contribution in [0.1, 0.15) is 23.7 Å². The third kappa shape index (κ3) is 3.36. The van der Waals surface area contributed by atoms with Crippen molar-refractivity contribution in [1.82, 2.24) is 0 Å². The van der Waals surface area contributed by atoms with Gasteiger partial charge in [-0.15, -0.1) is 0 Å². The molecule has 116 valence electrons. The van der Waals surface area contributed by atoms with E-state index >= 15 is 0 Å². The lowest BCUT2D eigenvalue weighted by atomic mass is 9.96. The first-order valence-corrected chi connectivity index (χ1v) is 7.60. The molecule has 1 aliphatic heterocycles. The van der Waals surface area contributed by atoms with Gasteiger partial charge in [0.1, 0.15) is 7.85 Å². The third-order valence-corrected chi connectivity index (χ3v) is 3.77. The van der Waals surface area contributed by atoms with E-state index in [1.807, 2.05) is 39.0 Å². The maximum Gasteiger partial charge on any atom is 0.257 e. The van der Waals surface area contributed by atoms with Crippen molar-refractivity contribution in [2.24, 2.45) is 0 Å². The van der Waals surface area contributed by atoms with Gasteiger partial charge in [-0.25, -0.2) is 0 Å². The molecular weight excluding hydrogens is 289 g/mol. The second kappa shape index (κ2) is 6.16. The van der Waals surface area contributed by atoms with E-state index in [0.717, 1.165) is 11.2 Å². The number of amides is 2. The number of anilines is 3. The Bertz CT molecular complexity index is 759. The molecule has 5 nitrogen and oxygen atoms in total. The summed E-state index contributed by atoms with van der Waals surface area (Å²) in [5.41, 5.74) is 3.68. The Morgan fingerprint density at radius 1 is 1.22 bits per heavy atom. The number of para-hydroxylation sites is 1. The Labute approximate surface area is 135 Å². The Hall–Kier alpha value is -2.76. The van der Waals surface area contributed by atoms with Crippen LogP contribution < -0.4 is 21.4 Å². The lowest BCUT2D eigenvalue weighted by Crippen LogP contribution is -2.20. The van der Waals surface area contributed by atoms with Crippen molar-refractivity contribution in [2.75, 3.05) is 16.0 Å². The first-order valence-electron chi connectivity index (χ1n) is 7.60. The topological polar surface area (TPSA) is 70.2 Å². The van der Waals surface area contributed by atoms with E-state index in [2.05, 4.69) is 16.0 Å². The number of hydrogen-bond acceptors (Lipinski definition) is 3. The van der Waals surface area contributed by atoms with Gasteiger partial charge in [-0.3, -0.25) is 9.59 Å². The summed E-state index contributed by atoms with van der Waals surface area (Å²) in [4.78, 5) is 24.4. The van der Waals surface area contributed by atoms with Crippen molar-refractivity contribution < 1.29 is 9.59 Å². The van der Waals surface area contributed by atoms with Gasteiger partial charge in [0.25, 0.3) is 5.91 Å². The summed E-state index contributed by atoms with van der Waals surface area (Å²) in [6, 6.07) is 12.9. The molecule has 0 unspecified atom stereocenters. The van der Waals surface area contributed by atoms with Gasteiger partial charge in [0, 0.05) is 18.2 Å². The SMILES string of the molecule is Bc1ccc(NC(=O)c2cccc3c2N[C@H](C)CC(=O)N3)cc1. The summed E-state index contributed by atoms with van der Waals surface area (Å²) >= 11 is 0.